The number of Topliss-reactive ketones (excluding diaryl/α,β-unsaturated/α-hetero) is 1. The van der Waals surface area contributed by atoms with Gasteiger partial charge >= 0.3 is 0 Å². The fourth-order valence-corrected chi connectivity index (χ4v) is 4.70. The summed E-state index contributed by atoms with van der Waals surface area (Å²) in [4.78, 5) is 35.6. The van der Waals surface area contributed by atoms with Crippen molar-refractivity contribution >= 4 is 28.4 Å². The molecule has 2 aromatic heterocycles. The molecule has 4 heterocycles. The zero-order valence-electron chi connectivity index (χ0n) is 18.6. The summed E-state index contributed by atoms with van der Waals surface area (Å²) >= 11 is 0. The lowest BCUT2D eigenvalue weighted by Crippen LogP contribution is -2.29. The largest absolute Gasteiger partial charge is 0.507 e. The van der Waals surface area contributed by atoms with E-state index in [9.17, 15) is 14.7 Å². The quantitative estimate of drug-likeness (QED) is 0.268. The van der Waals surface area contributed by atoms with Gasteiger partial charge in [0.05, 0.1) is 23.9 Å². The molecule has 2 aromatic carbocycles. The van der Waals surface area contributed by atoms with E-state index >= 15 is 0 Å². The van der Waals surface area contributed by atoms with Crippen molar-refractivity contribution in [2.24, 2.45) is 0 Å². The molecule has 6 rings (SSSR count). The number of aromatic amines is 1. The van der Waals surface area contributed by atoms with Gasteiger partial charge in [-0.2, -0.15) is 0 Å². The van der Waals surface area contributed by atoms with Crippen LogP contribution in [0.3, 0.4) is 0 Å². The minimum atomic E-state index is -0.804. The van der Waals surface area contributed by atoms with Crippen LogP contribution in [0.4, 0.5) is 0 Å². The zero-order valence-corrected chi connectivity index (χ0v) is 18.6. The number of nitrogens with zero attached hydrogens (tertiary/aromatic N) is 2. The van der Waals surface area contributed by atoms with Gasteiger partial charge in [-0.15, -0.1) is 0 Å². The van der Waals surface area contributed by atoms with Crippen molar-refractivity contribution in [2.75, 3.05) is 13.2 Å². The standard InChI is InChI=1S/C27H21N3O5/c31-25(16-8-9-21-22(13-16)35-12-11-34-21)23-24(19-14-29-20-7-2-1-6-18(19)20)30(27(33)26(23)32)15-17-5-3-4-10-28-17/h1-10,13-14,24,29,31H,11-12,15H2/b25-23+. The third-order valence-corrected chi connectivity index (χ3v) is 6.33. The fourth-order valence-electron chi connectivity index (χ4n) is 4.70. The van der Waals surface area contributed by atoms with Gasteiger partial charge in [0.15, 0.2) is 11.5 Å². The average molecular weight is 467 g/mol. The fraction of sp³-hybridized carbons (Fsp3) is 0.148. The molecular formula is C27H21N3O5. The molecule has 0 spiro atoms. The summed E-state index contributed by atoms with van der Waals surface area (Å²) in [5.74, 6) is -0.656. The highest BCUT2D eigenvalue weighted by Crippen LogP contribution is 2.43. The van der Waals surface area contributed by atoms with E-state index in [-0.39, 0.29) is 17.9 Å². The van der Waals surface area contributed by atoms with Gasteiger partial charge in [0.25, 0.3) is 11.7 Å². The highest BCUT2D eigenvalue weighted by atomic mass is 16.6. The van der Waals surface area contributed by atoms with Crippen molar-refractivity contribution in [3.8, 4) is 11.5 Å². The van der Waals surface area contributed by atoms with E-state index in [4.69, 9.17) is 9.47 Å². The van der Waals surface area contributed by atoms with Crippen molar-refractivity contribution < 1.29 is 24.2 Å². The Morgan fingerprint density at radius 3 is 2.66 bits per heavy atom. The number of ketones is 1. The Labute approximate surface area is 200 Å². The normalized spacial score (nSPS) is 18.9. The predicted molar refractivity (Wildman–Crippen MR) is 128 cm³/mol. The molecule has 0 saturated carbocycles. The maximum Gasteiger partial charge on any atom is 0.296 e. The molecule has 2 aliphatic rings. The number of amides is 1. The number of carbonyl (C=O) groups excluding carboxylic acids is 2. The molecule has 0 bridgehead atoms. The maximum absolute atomic E-state index is 13.4. The Morgan fingerprint density at radius 2 is 1.83 bits per heavy atom. The number of ether oxygens (including phenoxy) is 2. The zero-order chi connectivity index (χ0) is 23.9. The highest BCUT2D eigenvalue weighted by Gasteiger charge is 2.47. The van der Waals surface area contributed by atoms with Crippen LogP contribution in [0.5, 0.6) is 11.5 Å². The Balaban J connectivity index is 1.52. The van der Waals surface area contributed by atoms with Crippen molar-refractivity contribution in [1.82, 2.24) is 14.9 Å². The lowest BCUT2D eigenvalue weighted by molar-refractivity contribution is -0.140. The summed E-state index contributed by atoms with van der Waals surface area (Å²) in [7, 11) is 0. The molecule has 174 valence electrons. The number of para-hydroxylation sites is 1. The summed E-state index contributed by atoms with van der Waals surface area (Å²) in [6.45, 7) is 0.950. The number of benzene rings is 2. The molecule has 4 aromatic rings. The van der Waals surface area contributed by atoms with Crippen LogP contribution in [-0.4, -0.2) is 44.9 Å². The molecule has 2 aliphatic heterocycles. The first kappa shape index (κ1) is 21.0. The van der Waals surface area contributed by atoms with Crippen LogP contribution in [0.15, 0.2) is 78.6 Å². The summed E-state index contributed by atoms with van der Waals surface area (Å²) in [5.41, 5.74) is 2.61. The van der Waals surface area contributed by atoms with Gasteiger partial charge in [0.1, 0.15) is 19.0 Å². The molecule has 1 fully saturated rings. The van der Waals surface area contributed by atoms with Crippen molar-refractivity contribution in [3.63, 3.8) is 0 Å². The molecule has 1 amide bonds. The number of aromatic nitrogens is 2. The number of hydrogen-bond donors (Lipinski definition) is 2. The molecular weight excluding hydrogens is 446 g/mol. The van der Waals surface area contributed by atoms with Crippen molar-refractivity contribution in [2.45, 2.75) is 12.6 Å². The SMILES string of the molecule is O=C1C(=O)N(Cc2ccccn2)C(c2c[nH]c3ccccc23)/C1=C(\O)c1ccc2c(c1)OCCO2. The Kier molecular flexibility index (Phi) is 4.99. The van der Waals surface area contributed by atoms with Crippen LogP contribution in [0.2, 0.25) is 0 Å². The van der Waals surface area contributed by atoms with E-state index < -0.39 is 17.7 Å². The first-order chi connectivity index (χ1) is 17.1. The van der Waals surface area contributed by atoms with Crippen LogP contribution in [-0.2, 0) is 16.1 Å². The predicted octanol–water partition coefficient (Wildman–Crippen LogP) is 3.96. The molecule has 8 nitrogen and oxygen atoms in total. The topological polar surface area (TPSA) is 105 Å². The number of likely N-dealkylation sites (tertiary alicyclic amines) is 1. The number of fused-ring (bicyclic) bond motifs is 2. The molecule has 1 atom stereocenters. The Hall–Kier alpha value is -4.59. The molecule has 0 aliphatic carbocycles. The van der Waals surface area contributed by atoms with Crippen molar-refractivity contribution in [3.05, 3.63) is 95.5 Å². The van der Waals surface area contributed by atoms with Crippen molar-refractivity contribution in [1.29, 1.82) is 0 Å². The number of carbonyl (C=O) groups is 2. The van der Waals surface area contributed by atoms with Crippen LogP contribution in [0.25, 0.3) is 16.7 Å². The average Bonchev–Trinajstić information content (AvgIpc) is 3.43. The van der Waals surface area contributed by atoms with Crippen LogP contribution < -0.4 is 9.47 Å². The number of rotatable bonds is 4. The third kappa shape index (κ3) is 3.50. The molecule has 35 heavy (non-hydrogen) atoms. The van der Waals surface area contributed by atoms with Gasteiger partial charge in [-0.1, -0.05) is 24.3 Å². The lowest BCUT2D eigenvalue weighted by atomic mass is 9.94. The summed E-state index contributed by atoms with van der Waals surface area (Å²) < 4.78 is 11.2. The monoisotopic (exact) mass is 467 g/mol. The minimum absolute atomic E-state index is 0.0207. The minimum Gasteiger partial charge on any atom is -0.507 e. The second-order valence-corrected chi connectivity index (χ2v) is 8.40. The number of nitrogens with one attached hydrogen (secondary N) is 1. The summed E-state index contributed by atoms with van der Waals surface area (Å²) in [5, 5.41) is 12.3. The van der Waals surface area contributed by atoms with E-state index in [0.717, 1.165) is 16.5 Å². The molecule has 0 radical (unpaired) electrons. The first-order valence-corrected chi connectivity index (χ1v) is 11.3. The number of hydrogen-bond acceptors (Lipinski definition) is 6. The number of pyridine rings is 1. The molecule has 1 unspecified atom stereocenters. The van der Waals surface area contributed by atoms with Crippen LogP contribution in [0, 0.1) is 0 Å². The van der Waals surface area contributed by atoms with Crippen LogP contribution >= 0.6 is 0 Å². The summed E-state index contributed by atoms with van der Waals surface area (Å²) in [6, 6.07) is 17.2. The van der Waals surface area contributed by atoms with E-state index in [1.165, 1.54) is 4.90 Å². The molecule has 2 N–H and O–H groups in total. The van der Waals surface area contributed by atoms with Gasteiger partial charge in [0, 0.05) is 34.4 Å². The van der Waals surface area contributed by atoms with Gasteiger partial charge in [-0.05, 0) is 36.4 Å². The van der Waals surface area contributed by atoms with E-state index in [1.807, 2.05) is 30.3 Å². The smallest absolute Gasteiger partial charge is 0.296 e. The number of aliphatic hydroxyl groups is 1. The third-order valence-electron chi connectivity index (χ3n) is 6.33. The van der Waals surface area contributed by atoms with Crippen LogP contribution in [0.1, 0.15) is 22.9 Å². The number of aliphatic hydroxyl groups excluding tert-OH is 1. The number of H-pyrrole nitrogens is 1. The van der Waals surface area contributed by atoms with E-state index in [2.05, 4.69) is 9.97 Å². The Morgan fingerprint density at radius 1 is 1.03 bits per heavy atom. The second-order valence-electron chi connectivity index (χ2n) is 8.40. The lowest BCUT2D eigenvalue weighted by Gasteiger charge is -2.24. The maximum atomic E-state index is 13.4. The van der Waals surface area contributed by atoms with Gasteiger partial charge < -0.3 is 24.5 Å². The van der Waals surface area contributed by atoms with Gasteiger partial charge in [0.2, 0.25) is 0 Å². The molecule has 1 saturated heterocycles. The first-order valence-electron chi connectivity index (χ1n) is 11.3. The van der Waals surface area contributed by atoms with E-state index in [1.54, 1.807) is 42.7 Å². The second kappa shape index (κ2) is 8.32. The van der Waals surface area contributed by atoms with Gasteiger partial charge in [-0.25, -0.2) is 0 Å². The highest BCUT2D eigenvalue weighted by molar-refractivity contribution is 6.46. The Bertz CT molecular complexity index is 1490. The summed E-state index contributed by atoms with van der Waals surface area (Å²) in [6.07, 6.45) is 3.42. The molecule has 8 heteroatoms. The van der Waals surface area contributed by atoms with E-state index in [0.29, 0.717) is 36.0 Å². The van der Waals surface area contributed by atoms with Gasteiger partial charge in [-0.3, -0.25) is 14.6 Å².